The zero-order chi connectivity index (χ0) is 28.8. The number of nitrogens with zero attached hydrogens (tertiary/aromatic N) is 2. The van der Waals surface area contributed by atoms with Crippen LogP contribution in [0, 0.1) is 0 Å². The molecule has 1 aromatic heterocycles. The van der Waals surface area contributed by atoms with E-state index in [2.05, 4.69) is 20.5 Å². The summed E-state index contributed by atoms with van der Waals surface area (Å²) >= 11 is 18.6. The van der Waals surface area contributed by atoms with Crippen LogP contribution in [0.1, 0.15) is 41.1 Å². The summed E-state index contributed by atoms with van der Waals surface area (Å²) in [6.07, 6.45) is 1.27. The minimum Gasteiger partial charge on any atom is -0.392 e. The molecule has 1 fully saturated rings. The molecule has 2 heterocycles. The van der Waals surface area contributed by atoms with Gasteiger partial charge in [0.05, 0.1) is 18.8 Å². The predicted molar refractivity (Wildman–Crippen MR) is 160 cm³/mol. The van der Waals surface area contributed by atoms with Crippen molar-refractivity contribution >= 4 is 52.5 Å². The van der Waals surface area contributed by atoms with E-state index < -0.39 is 16.0 Å². The number of H-pyrrole nitrogens is 1. The molecule has 3 N–H and O–H groups in total. The Morgan fingerprint density at radius 1 is 1.02 bits per heavy atom. The normalized spacial score (nSPS) is 19.2. The summed E-state index contributed by atoms with van der Waals surface area (Å²) in [4.78, 5) is 16.2. The lowest BCUT2D eigenvalue weighted by molar-refractivity contribution is -0.245. The van der Waals surface area contributed by atoms with Crippen LogP contribution >= 0.6 is 46.6 Å². The first kappa shape index (κ1) is 29.8. The number of ether oxygens (including phenoxy) is 2. The van der Waals surface area contributed by atoms with E-state index in [1.807, 2.05) is 72.8 Å². The number of aliphatic hydroxyl groups excluding tert-OH is 1. The average Bonchev–Trinajstić information content (AvgIpc) is 3.52. The molecule has 1 aliphatic rings. The first-order valence-corrected chi connectivity index (χ1v) is 14.9. The number of hydrogen-bond donors (Lipinski definition) is 3. The number of aromatic amines is 1. The maximum absolute atomic E-state index is 12.1. The van der Waals surface area contributed by atoms with Gasteiger partial charge in [-0.2, -0.15) is 5.10 Å². The van der Waals surface area contributed by atoms with Crippen LogP contribution in [0.3, 0.4) is 0 Å². The van der Waals surface area contributed by atoms with Crippen LogP contribution in [0.4, 0.5) is 0 Å². The van der Waals surface area contributed by atoms with Gasteiger partial charge in [-0.25, -0.2) is 4.98 Å². The number of halogens is 3. The topological polar surface area (TPSA) is 109 Å². The molecule has 41 heavy (non-hydrogen) atoms. The number of nitrogens with one attached hydrogen (secondary N) is 2. The van der Waals surface area contributed by atoms with Crippen molar-refractivity contribution in [3.63, 3.8) is 0 Å². The first-order chi connectivity index (χ1) is 19.8. The van der Waals surface area contributed by atoms with Crippen LogP contribution in [0.5, 0.6) is 0 Å². The number of aromatic nitrogens is 3. The predicted octanol–water partition coefficient (Wildman–Crippen LogP) is 6.29. The minimum atomic E-state index is -2.03. The van der Waals surface area contributed by atoms with Crippen molar-refractivity contribution in [1.82, 2.24) is 20.5 Å². The van der Waals surface area contributed by atoms with Gasteiger partial charge in [-0.3, -0.25) is 9.89 Å². The second kappa shape index (κ2) is 13.6. The van der Waals surface area contributed by atoms with Gasteiger partial charge >= 0.3 is 0 Å². The van der Waals surface area contributed by atoms with E-state index in [0.717, 1.165) is 38.5 Å². The lowest BCUT2D eigenvalue weighted by Gasteiger charge is -2.36. The molecule has 0 bridgehead atoms. The van der Waals surface area contributed by atoms with Crippen molar-refractivity contribution in [2.24, 2.45) is 0 Å². The summed E-state index contributed by atoms with van der Waals surface area (Å²) in [5.74, 6) is -0.0121. The molecule has 3 atom stereocenters. The van der Waals surface area contributed by atoms with Crippen LogP contribution in [-0.2, 0) is 27.4 Å². The summed E-state index contributed by atoms with van der Waals surface area (Å²) in [7, 11) is 0. The summed E-state index contributed by atoms with van der Waals surface area (Å²) in [6, 6.07) is 23.5. The molecule has 0 aliphatic carbocycles. The van der Waals surface area contributed by atoms with E-state index in [4.69, 9.17) is 44.3 Å². The third-order valence-corrected chi connectivity index (χ3v) is 8.15. The molecule has 5 rings (SSSR count). The molecular formula is C29H27Cl3N4O4S. The van der Waals surface area contributed by atoms with E-state index in [-0.39, 0.29) is 25.4 Å². The number of alkyl halides is 3. The number of aliphatic hydroxyl groups is 1. The fraction of sp³-hybridized carbons (Fsp3) is 0.276. The van der Waals surface area contributed by atoms with E-state index in [1.165, 1.54) is 6.33 Å². The van der Waals surface area contributed by atoms with Crippen LogP contribution in [0.25, 0.3) is 11.1 Å². The Kier molecular flexibility index (Phi) is 9.87. The van der Waals surface area contributed by atoms with Gasteiger partial charge in [-0.15, -0.1) is 0 Å². The standard InChI is InChI=1S/C29H27Cl3N4O4S/c30-29(31,32)27(38)33-14-22-3-1-2-4-24(22)19-9-11-21(12-10-19)26-39-23(16-41-28-34-17-35-36-28)13-25(40-26)20-7-5-18(15-37)6-8-20/h1-12,17,23,25-26,37H,13-16H2,(H,33,38)(H,34,35,36)/t23-,25+,26+/m1/s1. The molecule has 0 unspecified atom stereocenters. The first-order valence-electron chi connectivity index (χ1n) is 12.8. The second-order valence-electron chi connectivity index (χ2n) is 9.41. The Morgan fingerprint density at radius 3 is 2.44 bits per heavy atom. The highest BCUT2D eigenvalue weighted by atomic mass is 35.6. The maximum Gasteiger partial charge on any atom is 0.272 e. The van der Waals surface area contributed by atoms with Crippen molar-refractivity contribution in [2.75, 3.05) is 5.75 Å². The SMILES string of the molecule is O=C(NCc1ccccc1-c1ccc([C@H]2O[C@@H](CSc3ncn[nH]3)C[C@@H](c3ccc(CO)cc3)O2)cc1)C(Cl)(Cl)Cl. The van der Waals surface area contributed by atoms with Gasteiger partial charge in [0.2, 0.25) is 0 Å². The molecular weight excluding hydrogens is 607 g/mol. The van der Waals surface area contributed by atoms with E-state index >= 15 is 0 Å². The molecule has 0 saturated carbocycles. The molecule has 0 radical (unpaired) electrons. The quantitative estimate of drug-likeness (QED) is 0.147. The fourth-order valence-corrected chi connectivity index (χ4v) is 5.51. The van der Waals surface area contributed by atoms with Crippen molar-refractivity contribution < 1.29 is 19.4 Å². The zero-order valence-corrected chi connectivity index (χ0v) is 24.8. The van der Waals surface area contributed by atoms with Gasteiger partial charge in [-0.05, 0) is 27.8 Å². The van der Waals surface area contributed by atoms with Gasteiger partial charge in [0, 0.05) is 24.3 Å². The van der Waals surface area contributed by atoms with Crippen molar-refractivity contribution in [1.29, 1.82) is 0 Å². The third-order valence-electron chi connectivity index (χ3n) is 6.62. The molecule has 1 amide bonds. The van der Waals surface area contributed by atoms with Crippen molar-refractivity contribution in [3.05, 3.63) is 101 Å². The lowest BCUT2D eigenvalue weighted by Crippen LogP contribution is -2.34. The molecule has 1 saturated heterocycles. The highest BCUT2D eigenvalue weighted by molar-refractivity contribution is 7.99. The molecule has 8 nitrogen and oxygen atoms in total. The molecule has 3 aromatic carbocycles. The number of hydrogen-bond acceptors (Lipinski definition) is 7. The average molecular weight is 634 g/mol. The summed E-state index contributed by atoms with van der Waals surface area (Å²) < 4.78 is 10.8. The number of carbonyl (C=O) groups is 1. The fourth-order valence-electron chi connectivity index (χ4n) is 4.51. The summed E-state index contributed by atoms with van der Waals surface area (Å²) in [5.41, 5.74) is 5.52. The van der Waals surface area contributed by atoms with Crippen molar-refractivity contribution in [2.45, 2.75) is 47.0 Å². The molecule has 214 valence electrons. The maximum atomic E-state index is 12.1. The second-order valence-corrected chi connectivity index (χ2v) is 12.7. The largest absolute Gasteiger partial charge is 0.392 e. The summed E-state index contributed by atoms with van der Waals surface area (Å²) in [5, 5.41) is 19.6. The van der Waals surface area contributed by atoms with Crippen LogP contribution in [-0.4, -0.2) is 41.8 Å². The zero-order valence-electron chi connectivity index (χ0n) is 21.7. The Hall–Kier alpha value is -2.63. The van der Waals surface area contributed by atoms with Crippen LogP contribution in [0.15, 0.2) is 84.3 Å². The summed E-state index contributed by atoms with van der Waals surface area (Å²) in [6.45, 7) is 0.198. The van der Waals surface area contributed by atoms with Crippen molar-refractivity contribution in [3.8, 4) is 11.1 Å². The van der Waals surface area contributed by atoms with E-state index in [9.17, 15) is 9.90 Å². The van der Waals surface area contributed by atoms with E-state index in [0.29, 0.717) is 12.2 Å². The third kappa shape index (κ3) is 7.81. The Labute approximate surface area is 256 Å². The minimum absolute atomic E-state index is 0.0112. The van der Waals surface area contributed by atoms with Crippen LogP contribution < -0.4 is 5.32 Å². The highest BCUT2D eigenvalue weighted by Gasteiger charge is 2.33. The highest BCUT2D eigenvalue weighted by Crippen LogP contribution is 2.39. The lowest BCUT2D eigenvalue weighted by atomic mass is 9.98. The van der Waals surface area contributed by atoms with Gasteiger partial charge in [0.15, 0.2) is 11.4 Å². The Bertz CT molecular complexity index is 1430. The van der Waals surface area contributed by atoms with Gasteiger partial charge < -0.3 is 19.9 Å². The number of thioether (sulfide) groups is 1. The smallest absolute Gasteiger partial charge is 0.272 e. The number of carbonyl (C=O) groups excluding carboxylic acids is 1. The van der Waals surface area contributed by atoms with Gasteiger partial charge in [-0.1, -0.05) is 119 Å². The Balaban J connectivity index is 1.34. The Morgan fingerprint density at radius 2 is 1.76 bits per heavy atom. The molecule has 4 aromatic rings. The number of amides is 1. The molecule has 12 heteroatoms. The van der Waals surface area contributed by atoms with Gasteiger partial charge in [0.1, 0.15) is 6.33 Å². The molecule has 0 spiro atoms. The number of benzene rings is 3. The molecule has 1 aliphatic heterocycles. The number of rotatable bonds is 9. The van der Waals surface area contributed by atoms with Crippen LogP contribution in [0.2, 0.25) is 0 Å². The van der Waals surface area contributed by atoms with E-state index in [1.54, 1.807) is 11.8 Å². The monoisotopic (exact) mass is 632 g/mol. The van der Waals surface area contributed by atoms with Gasteiger partial charge in [0.25, 0.3) is 9.70 Å².